The van der Waals surface area contributed by atoms with E-state index >= 15 is 0 Å². The van der Waals surface area contributed by atoms with Crippen LogP contribution in [0.15, 0.2) is 24.3 Å². The van der Waals surface area contributed by atoms with E-state index in [2.05, 4.69) is 0 Å². The number of unbranched alkanes of at least 4 members (excludes halogenated alkanes) is 1. The molecule has 0 saturated heterocycles. The molecular weight excluding hydrogens is 128 g/mol. The van der Waals surface area contributed by atoms with Gasteiger partial charge in [0.15, 0.2) is 0 Å². The Kier molecular flexibility index (Phi) is 7.90. The van der Waals surface area contributed by atoms with Crippen LogP contribution in [0, 0.1) is 0 Å². The first-order chi connectivity index (χ1) is 4.91. The van der Waals surface area contributed by atoms with Crippen molar-refractivity contribution in [2.45, 2.75) is 12.8 Å². The Balaban J connectivity index is 3.04. The molecule has 0 aromatic heterocycles. The van der Waals surface area contributed by atoms with Crippen molar-refractivity contribution in [3.63, 3.8) is 0 Å². The first kappa shape index (κ1) is 9.40. The Bertz CT molecular complexity index is 91.8. The SMILES string of the molecule is OC/C=C/CC/C=C/CO. The summed E-state index contributed by atoms with van der Waals surface area (Å²) < 4.78 is 0. The highest BCUT2D eigenvalue weighted by Gasteiger charge is 1.74. The Labute approximate surface area is 61.5 Å². The lowest BCUT2D eigenvalue weighted by Crippen LogP contribution is -1.73. The van der Waals surface area contributed by atoms with Gasteiger partial charge in [0, 0.05) is 0 Å². The van der Waals surface area contributed by atoms with Gasteiger partial charge in [0.2, 0.25) is 0 Å². The molecule has 10 heavy (non-hydrogen) atoms. The summed E-state index contributed by atoms with van der Waals surface area (Å²) in [6, 6.07) is 0. The molecule has 2 nitrogen and oxygen atoms in total. The third-order valence-corrected chi connectivity index (χ3v) is 1.04. The van der Waals surface area contributed by atoms with Crippen LogP contribution in [0.2, 0.25) is 0 Å². The molecule has 2 N–H and O–H groups in total. The highest BCUT2D eigenvalue weighted by atomic mass is 16.3. The number of rotatable bonds is 5. The summed E-state index contributed by atoms with van der Waals surface area (Å²) in [5.74, 6) is 0. The number of allylic oxidation sites excluding steroid dienone is 2. The van der Waals surface area contributed by atoms with Crippen LogP contribution in [-0.2, 0) is 0 Å². The minimum atomic E-state index is 0.115. The summed E-state index contributed by atoms with van der Waals surface area (Å²) in [5, 5.41) is 16.6. The second-order valence-electron chi connectivity index (χ2n) is 1.89. The fourth-order valence-corrected chi connectivity index (χ4v) is 0.577. The molecule has 0 heterocycles. The van der Waals surface area contributed by atoms with Gasteiger partial charge in [0.1, 0.15) is 0 Å². The van der Waals surface area contributed by atoms with Gasteiger partial charge >= 0.3 is 0 Å². The van der Waals surface area contributed by atoms with Gasteiger partial charge in [0.25, 0.3) is 0 Å². The van der Waals surface area contributed by atoms with Crippen molar-refractivity contribution in [2.24, 2.45) is 0 Å². The zero-order chi connectivity index (χ0) is 7.66. The van der Waals surface area contributed by atoms with E-state index in [0.717, 1.165) is 12.8 Å². The monoisotopic (exact) mass is 142 g/mol. The molecule has 0 bridgehead atoms. The van der Waals surface area contributed by atoms with Crippen molar-refractivity contribution in [2.75, 3.05) is 13.2 Å². The van der Waals surface area contributed by atoms with Gasteiger partial charge in [0.05, 0.1) is 13.2 Å². The maximum Gasteiger partial charge on any atom is 0.0612 e. The van der Waals surface area contributed by atoms with Crippen LogP contribution in [-0.4, -0.2) is 23.4 Å². The second-order valence-corrected chi connectivity index (χ2v) is 1.89. The van der Waals surface area contributed by atoms with Crippen LogP contribution < -0.4 is 0 Å². The van der Waals surface area contributed by atoms with E-state index < -0.39 is 0 Å². The number of aliphatic hydroxyl groups is 2. The highest BCUT2D eigenvalue weighted by molar-refractivity contribution is 4.87. The lowest BCUT2D eigenvalue weighted by Gasteiger charge is -1.84. The molecule has 0 fully saturated rings. The molecule has 0 aliphatic rings. The predicted molar refractivity (Wildman–Crippen MR) is 41.7 cm³/mol. The summed E-state index contributed by atoms with van der Waals surface area (Å²) in [7, 11) is 0. The number of aliphatic hydroxyl groups excluding tert-OH is 2. The molecule has 2 heteroatoms. The fraction of sp³-hybridized carbons (Fsp3) is 0.500. The Morgan fingerprint density at radius 3 is 1.40 bits per heavy atom. The molecule has 0 aromatic carbocycles. The largest absolute Gasteiger partial charge is 0.392 e. The Morgan fingerprint density at radius 1 is 0.700 bits per heavy atom. The van der Waals surface area contributed by atoms with Crippen LogP contribution in [0.5, 0.6) is 0 Å². The first-order valence-corrected chi connectivity index (χ1v) is 3.43. The van der Waals surface area contributed by atoms with E-state index in [0.29, 0.717) is 0 Å². The van der Waals surface area contributed by atoms with Crippen molar-refractivity contribution in [1.29, 1.82) is 0 Å². The van der Waals surface area contributed by atoms with Crippen molar-refractivity contribution >= 4 is 0 Å². The van der Waals surface area contributed by atoms with Crippen LogP contribution in [0.3, 0.4) is 0 Å². The van der Waals surface area contributed by atoms with E-state index in [1.54, 1.807) is 12.2 Å². The van der Waals surface area contributed by atoms with Gasteiger partial charge in [-0.3, -0.25) is 0 Å². The minimum absolute atomic E-state index is 0.115. The number of hydrogen-bond acceptors (Lipinski definition) is 2. The molecule has 0 unspecified atom stereocenters. The molecule has 0 aliphatic carbocycles. The summed E-state index contributed by atoms with van der Waals surface area (Å²) >= 11 is 0. The Morgan fingerprint density at radius 2 is 1.10 bits per heavy atom. The number of hydrogen-bond donors (Lipinski definition) is 2. The molecule has 58 valence electrons. The first-order valence-electron chi connectivity index (χ1n) is 3.43. The maximum absolute atomic E-state index is 8.32. The molecule has 0 spiro atoms. The zero-order valence-corrected chi connectivity index (χ0v) is 6.03. The minimum Gasteiger partial charge on any atom is -0.392 e. The third kappa shape index (κ3) is 7.40. The van der Waals surface area contributed by atoms with Gasteiger partial charge in [-0.25, -0.2) is 0 Å². The van der Waals surface area contributed by atoms with E-state index in [1.807, 2.05) is 12.2 Å². The van der Waals surface area contributed by atoms with Crippen LogP contribution >= 0.6 is 0 Å². The van der Waals surface area contributed by atoms with Crippen molar-refractivity contribution < 1.29 is 10.2 Å². The average molecular weight is 142 g/mol. The van der Waals surface area contributed by atoms with Crippen molar-refractivity contribution in [3.8, 4) is 0 Å². The van der Waals surface area contributed by atoms with Crippen LogP contribution in [0.1, 0.15) is 12.8 Å². The van der Waals surface area contributed by atoms with E-state index in [4.69, 9.17) is 10.2 Å². The Hall–Kier alpha value is -0.600. The topological polar surface area (TPSA) is 40.5 Å². The maximum atomic E-state index is 8.32. The van der Waals surface area contributed by atoms with Crippen LogP contribution in [0.4, 0.5) is 0 Å². The predicted octanol–water partition coefficient (Wildman–Crippen LogP) is 0.864. The third-order valence-electron chi connectivity index (χ3n) is 1.04. The zero-order valence-electron chi connectivity index (χ0n) is 6.03. The molecule has 0 aromatic rings. The molecule has 0 radical (unpaired) electrons. The molecular formula is C8H14O2. The smallest absolute Gasteiger partial charge is 0.0612 e. The molecule has 0 rings (SSSR count). The lowest BCUT2D eigenvalue weighted by molar-refractivity contribution is 0.341. The summed E-state index contributed by atoms with van der Waals surface area (Å²) in [5.41, 5.74) is 0. The summed E-state index contributed by atoms with van der Waals surface area (Å²) in [6.45, 7) is 0.230. The van der Waals surface area contributed by atoms with E-state index in [9.17, 15) is 0 Å². The molecule has 0 aliphatic heterocycles. The van der Waals surface area contributed by atoms with E-state index in [1.165, 1.54) is 0 Å². The van der Waals surface area contributed by atoms with Crippen molar-refractivity contribution in [3.05, 3.63) is 24.3 Å². The van der Waals surface area contributed by atoms with Crippen LogP contribution in [0.25, 0.3) is 0 Å². The van der Waals surface area contributed by atoms with Gasteiger partial charge < -0.3 is 10.2 Å². The normalized spacial score (nSPS) is 11.8. The second kappa shape index (κ2) is 8.40. The quantitative estimate of drug-likeness (QED) is 0.441. The lowest BCUT2D eigenvalue weighted by atomic mass is 10.3. The van der Waals surface area contributed by atoms with Gasteiger partial charge in [-0.1, -0.05) is 24.3 Å². The van der Waals surface area contributed by atoms with E-state index in [-0.39, 0.29) is 13.2 Å². The highest BCUT2D eigenvalue weighted by Crippen LogP contribution is 1.91. The molecule has 0 amide bonds. The van der Waals surface area contributed by atoms with Gasteiger partial charge in [-0.2, -0.15) is 0 Å². The molecule has 0 saturated carbocycles. The fourth-order valence-electron chi connectivity index (χ4n) is 0.577. The summed E-state index contributed by atoms with van der Waals surface area (Å²) in [4.78, 5) is 0. The summed E-state index contributed by atoms with van der Waals surface area (Å²) in [6.07, 6.45) is 9.12. The molecule has 0 atom stereocenters. The van der Waals surface area contributed by atoms with Gasteiger partial charge in [-0.05, 0) is 12.8 Å². The van der Waals surface area contributed by atoms with Crippen molar-refractivity contribution in [1.82, 2.24) is 0 Å². The average Bonchev–Trinajstić information content (AvgIpc) is 1.97. The standard InChI is InChI=1S/C8H14O2/c9-7-5-3-1-2-4-6-8-10/h3-6,9-10H,1-2,7-8H2/b5-3+,6-4+. The van der Waals surface area contributed by atoms with Gasteiger partial charge in [-0.15, -0.1) is 0 Å².